The van der Waals surface area contributed by atoms with Crippen LogP contribution in [0.1, 0.15) is 0 Å². The summed E-state index contributed by atoms with van der Waals surface area (Å²) in [5.41, 5.74) is 2.07. The molecule has 19 heavy (non-hydrogen) atoms. The van der Waals surface area contributed by atoms with E-state index >= 15 is 0 Å². The first-order chi connectivity index (χ1) is 9.31. The van der Waals surface area contributed by atoms with Gasteiger partial charge in [0.25, 0.3) is 0 Å². The number of para-hydroxylation sites is 1. The molecule has 0 amide bonds. The topological polar surface area (TPSA) is 20.7 Å². The summed E-state index contributed by atoms with van der Waals surface area (Å²) in [4.78, 5) is 3.31. The fraction of sp³-hybridized carbons (Fsp3) is 0. The van der Waals surface area contributed by atoms with Gasteiger partial charge in [-0.3, -0.25) is 0 Å². The van der Waals surface area contributed by atoms with Gasteiger partial charge in [-0.15, -0.1) is 0 Å². The summed E-state index contributed by atoms with van der Waals surface area (Å²) >= 11 is 0. The number of halogens is 1. The maximum atomic E-state index is 13.2. The first-order valence-electron chi connectivity index (χ1n) is 6.16. The number of aromatic nitrogens is 2. The molecule has 0 aliphatic heterocycles. The Balaban J connectivity index is 1.99. The van der Waals surface area contributed by atoms with E-state index in [1.165, 1.54) is 11.5 Å². The lowest BCUT2D eigenvalue weighted by atomic mass is 10.2. The molecule has 1 N–H and O–H groups in total. The third-order valence-corrected chi connectivity index (χ3v) is 3.43. The van der Waals surface area contributed by atoms with Crippen LogP contribution in [-0.2, 0) is 0 Å². The van der Waals surface area contributed by atoms with Gasteiger partial charge in [0.15, 0.2) is 0 Å². The Morgan fingerprint density at radius 3 is 2.74 bits per heavy atom. The third kappa shape index (κ3) is 1.55. The van der Waals surface area contributed by atoms with Crippen molar-refractivity contribution in [3.05, 3.63) is 66.6 Å². The van der Waals surface area contributed by atoms with Crippen molar-refractivity contribution in [3.8, 4) is 5.82 Å². The van der Waals surface area contributed by atoms with Gasteiger partial charge in [-0.1, -0.05) is 18.2 Å². The van der Waals surface area contributed by atoms with Crippen molar-refractivity contribution in [2.24, 2.45) is 0 Å². The SMILES string of the molecule is Fc1ccc2[nH]c(-n3ccc4ccccc43)cc2c1. The van der Waals surface area contributed by atoms with Crippen molar-refractivity contribution in [2.75, 3.05) is 0 Å². The predicted octanol–water partition coefficient (Wildman–Crippen LogP) is 4.25. The summed E-state index contributed by atoms with van der Waals surface area (Å²) in [7, 11) is 0. The van der Waals surface area contributed by atoms with E-state index in [9.17, 15) is 4.39 Å². The molecule has 2 aromatic heterocycles. The number of nitrogens with one attached hydrogen (secondary N) is 1. The van der Waals surface area contributed by atoms with E-state index in [0.717, 1.165) is 22.2 Å². The van der Waals surface area contributed by atoms with Crippen molar-refractivity contribution in [3.63, 3.8) is 0 Å². The van der Waals surface area contributed by atoms with Gasteiger partial charge in [0.2, 0.25) is 0 Å². The molecule has 0 radical (unpaired) electrons. The van der Waals surface area contributed by atoms with Gasteiger partial charge in [-0.2, -0.15) is 0 Å². The van der Waals surface area contributed by atoms with Crippen LogP contribution in [0.5, 0.6) is 0 Å². The molecule has 4 aromatic rings. The second-order valence-electron chi connectivity index (χ2n) is 4.63. The smallest absolute Gasteiger partial charge is 0.123 e. The van der Waals surface area contributed by atoms with Crippen LogP contribution in [-0.4, -0.2) is 9.55 Å². The number of rotatable bonds is 1. The van der Waals surface area contributed by atoms with Crippen LogP contribution in [0.4, 0.5) is 4.39 Å². The van der Waals surface area contributed by atoms with E-state index in [0.29, 0.717) is 0 Å². The minimum atomic E-state index is -0.213. The molecule has 0 saturated carbocycles. The molecule has 92 valence electrons. The fourth-order valence-electron chi connectivity index (χ4n) is 2.51. The highest BCUT2D eigenvalue weighted by Crippen LogP contribution is 2.23. The van der Waals surface area contributed by atoms with Crippen LogP contribution in [0.25, 0.3) is 27.6 Å². The van der Waals surface area contributed by atoms with Crippen LogP contribution in [0, 0.1) is 5.82 Å². The number of H-pyrrole nitrogens is 1. The highest BCUT2D eigenvalue weighted by atomic mass is 19.1. The number of hydrogen-bond donors (Lipinski definition) is 1. The molecule has 0 aliphatic carbocycles. The standard InChI is InChI=1S/C16H11FN2/c17-13-5-6-14-12(9-13)10-16(18-14)19-8-7-11-3-1-2-4-15(11)19/h1-10,18H. The maximum absolute atomic E-state index is 13.2. The molecule has 0 fully saturated rings. The van der Waals surface area contributed by atoms with Crippen LogP contribution in [0.2, 0.25) is 0 Å². The molecule has 0 saturated heterocycles. The number of fused-ring (bicyclic) bond motifs is 2. The van der Waals surface area contributed by atoms with Crippen LogP contribution < -0.4 is 0 Å². The molecule has 0 bridgehead atoms. The minimum absolute atomic E-state index is 0.213. The molecule has 0 unspecified atom stereocenters. The fourth-order valence-corrected chi connectivity index (χ4v) is 2.51. The van der Waals surface area contributed by atoms with Crippen LogP contribution in [0.3, 0.4) is 0 Å². The van der Waals surface area contributed by atoms with Crippen LogP contribution >= 0.6 is 0 Å². The monoisotopic (exact) mass is 250 g/mol. The largest absolute Gasteiger partial charge is 0.341 e. The Bertz CT molecular complexity index is 886. The summed E-state index contributed by atoms with van der Waals surface area (Å²) in [6.07, 6.45) is 2.02. The van der Waals surface area contributed by atoms with Crippen molar-refractivity contribution < 1.29 is 4.39 Å². The second-order valence-corrected chi connectivity index (χ2v) is 4.63. The minimum Gasteiger partial charge on any atom is -0.341 e. The van der Waals surface area contributed by atoms with E-state index in [4.69, 9.17) is 0 Å². The Labute approximate surface area is 109 Å². The number of aromatic amines is 1. The molecule has 0 atom stereocenters. The lowest BCUT2D eigenvalue weighted by Crippen LogP contribution is -1.90. The van der Waals surface area contributed by atoms with E-state index in [1.54, 1.807) is 12.1 Å². The molecule has 2 heterocycles. The van der Waals surface area contributed by atoms with Crippen molar-refractivity contribution >= 4 is 21.8 Å². The van der Waals surface area contributed by atoms with Crippen molar-refractivity contribution in [2.45, 2.75) is 0 Å². The lowest BCUT2D eigenvalue weighted by Gasteiger charge is -2.01. The lowest BCUT2D eigenvalue weighted by molar-refractivity contribution is 0.630. The zero-order chi connectivity index (χ0) is 12.8. The summed E-state index contributed by atoms with van der Waals surface area (Å²) in [6.45, 7) is 0. The van der Waals surface area contributed by atoms with Gasteiger partial charge in [0.05, 0.1) is 5.52 Å². The Morgan fingerprint density at radius 2 is 1.79 bits per heavy atom. The average Bonchev–Trinajstić information content (AvgIpc) is 3.00. The Kier molecular flexibility index (Phi) is 2.03. The van der Waals surface area contributed by atoms with Crippen LogP contribution in [0.15, 0.2) is 60.8 Å². The van der Waals surface area contributed by atoms with Gasteiger partial charge < -0.3 is 9.55 Å². The van der Waals surface area contributed by atoms with E-state index in [2.05, 4.69) is 27.8 Å². The summed E-state index contributed by atoms with van der Waals surface area (Å²) < 4.78 is 15.3. The molecule has 2 nitrogen and oxygen atoms in total. The molecule has 0 aliphatic rings. The van der Waals surface area contributed by atoms with E-state index in [-0.39, 0.29) is 5.82 Å². The first kappa shape index (κ1) is 10.4. The zero-order valence-corrected chi connectivity index (χ0v) is 10.1. The number of hydrogen-bond acceptors (Lipinski definition) is 0. The second kappa shape index (κ2) is 3.72. The number of nitrogens with zero attached hydrogens (tertiary/aromatic N) is 1. The average molecular weight is 250 g/mol. The summed E-state index contributed by atoms with van der Waals surface area (Å²) in [5.74, 6) is 0.734. The van der Waals surface area contributed by atoms with Gasteiger partial charge in [0.1, 0.15) is 11.6 Å². The third-order valence-electron chi connectivity index (χ3n) is 3.43. The normalized spacial score (nSPS) is 11.4. The highest BCUT2D eigenvalue weighted by Gasteiger charge is 2.06. The Morgan fingerprint density at radius 1 is 0.895 bits per heavy atom. The van der Waals surface area contributed by atoms with E-state index in [1.807, 2.05) is 24.4 Å². The highest BCUT2D eigenvalue weighted by molar-refractivity contribution is 5.85. The molecular weight excluding hydrogens is 239 g/mol. The van der Waals surface area contributed by atoms with Gasteiger partial charge in [0, 0.05) is 17.1 Å². The van der Waals surface area contributed by atoms with Crippen molar-refractivity contribution in [1.82, 2.24) is 9.55 Å². The first-order valence-corrected chi connectivity index (χ1v) is 6.16. The quantitative estimate of drug-likeness (QED) is 0.521. The summed E-state index contributed by atoms with van der Waals surface area (Å²) in [5, 5.41) is 2.07. The number of benzene rings is 2. The molecular formula is C16H11FN2. The van der Waals surface area contributed by atoms with Gasteiger partial charge >= 0.3 is 0 Å². The molecule has 4 rings (SSSR count). The van der Waals surface area contributed by atoms with Gasteiger partial charge in [-0.05, 0) is 41.8 Å². The van der Waals surface area contributed by atoms with Crippen molar-refractivity contribution in [1.29, 1.82) is 0 Å². The zero-order valence-electron chi connectivity index (χ0n) is 10.1. The predicted molar refractivity (Wildman–Crippen MR) is 75.1 cm³/mol. The molecule has 2 aromatic carbocycles. The Hall–Kier alpha value is -2.55. The molecule has 3 heteroatoms. The van der Waals surface area contributed by atoms with E-state index < -0.39 is 0 Å². The summed E-state index contributed by atoms with van der Waals surface area (Å²) in [6, 6.07) is 17.0. The maximum Gasteiger partial charge on any atom is 0.123 e. The van der Waals surface area contributed by atoms with Gasteiger partial charge in [-0.25, -0.2) is 4.39 Å². The molecule has 0 spiro atoms.